The van der Waals surface area contributed by atoms with Crippen molar-refractivity contribution in [1.29, 1.82) is 0 Å². The van der Waals surface area contributed by atoms with Crippen LogP contribution in [0.15, 0.2) is 9.98 Å². The SMILES string of the molecule is O=C(O)COC1(c2nc(Br)cs2)CCONC1. The van der Waals surface area contributed by atoms with Crippen molar-refractivity contribution >= 4 is 33.2 Å². The zero-order valence-corrected chi connectivity index (χ0v) is 11.2. The average molecular weight is 323 g/mol. The molecule has 1 atom stereocenters. The standard InChI is InChI=1S/C9H11BrN2O4S/c10-6-4-17-8(12-6)9(15-3-7(13)14)1-2-16-11-5-9/h4,11H,1-3,5H2,(H,13,14). The van der Waals surface area contributed by atoms with Crippen molar-refractivity contribution in [2.75, 3.05) is 19.8 Å². The molecule has 2 N–H and O–H groups in total. The third-order valence-electron chi connectivity index (χ3n) is 2.41. The first-order valence-electron chi connectivity index (χ1n) is 4.94. The first kappa shape index (κ1) is 12.9. The Kier molecular flexibility index (Phi) is 4.10. The van der Waals surface area contributed by atoms with E-state index in [1.54, 1.807) is 0 Å². The van der Waals surface area contributed by atoms with E-state index in [0.29, 0.717) is 19.6 Å². The highest BCUT2D eigenvalue weighted by Gasteiger charge is 2.39. The maximum absolute atomic E-state index is 10.6. The molecule has 0 radical (unpaired) electrons. The fourth-order valence-electron chi connectivity index (χ4n) is 1.57. The highest BCUT2D eigenvalue weighted by atomic mass is 79.9. The predicted molar refractivity (Wildman–Crippen MR) is 63.7 cm³/mol. The van der Waals surface area contributed by atoms with Gasteiger partial charge in [0.25, 0.3) is 0 Å². The third-order valence-corrected chi connectivity index (χ3v) is 4.14. The van der Waals surface area contributed by atoms with Crippen LogP contribution in [0.1, 0.15) is 11.4 Å². The summed E-state index contributed by atoms with van der Waals surface area (Å²) in [5.74, 6) is -0.994. The number of hydrogen-bond acceptors (Lipinski definition) is 6. The summed E-state index contributed by atoms with van der Waals surface area (Å²) in [6, 6.07) is 0. The number of halogens is 1. The Labute approximate surface area is 110 Å². The first-order valence-corrected chi connectivity index (χ1v) is 6.61. The molecule has 0 aliphatic carbocycles. The molecule has 17 heavy (non-hydrogen) atoms. The second-order valence-electron chi connectivity index (χ2n) is 3.57. The summed E-state index contributed by atoms with van der Waals surface area (Å²) in [4.78, 5) is 20.0. The van der Waals surface area contributed by atoms with E-state index in [1.165, 1.54) is 11.3 Å². The number of nitrogens with one attached hydrogen (secondary N) is 1. The summed E-state index contributed by atoms with van der Waals surface area (Å²) in [5.41, 5.74) is 2.03. The average Bonchev–Trinajstić information content (AvgIpc) is 2.75. The van der Waals surface area contributed by atoms with E-state index >= 15 is 0 Å². The van der Waals surface area contributed by atoms with Crippen LogP contribution in [0.4, 0.5) is 0 Å². The number of rotatable bonds is 4. The van der Waals surface area contributed by atoms with Gasteiger partial charge in [-0.1, -0.05) is 0 Å². The highest BCUT2D eigenvalue weighted by Crippen LogP contribution is 2.34. The lowest BCUT2D eigenvalue weighted by atomic mass is 10.00. The number of carboxylic acids is 1. The number of nitrogens with zero attached hydrogens (tertiary/aromatic N) is 1. The number of hydroxylamine groups is 1. The maximum atomic E-state index is 10.6. The van der Waals surface area contributed by atoms with Crippen LogP contribution in [0.2, 0.25) is 0 Å². The summed E-state index contributed by atoms with van der Waals surface area (Å²) in [7, 11) is 0. The van der Waals surface area contributed by atoms with E-state index in [2.05, 4.69) is 26.4 Å². The van der Waals surface area contributed by atoms with Crippen molar-refractivity contribution in [1.82, 2.24) is 10.5 Å². The van der Waals surface area contributed by atoms with Crippen LogP contribution in [0.5, 0.6) is 0 Å². The number of carbonyl (C=O) groups is 1. The number of ether oxygens (including phenoxy) is 1. The van der Waals surface area contributed by atoms with Crippen LogP contribution in [0, 0.1) is 0 Å². The Bertz CT molecular complexity index is 405. The van der Waals surface area contributed by atoms with Crippen molar-refractivity contribution < 1.29 is 19.5 Å². The molecule has 1 fully saturated rings. The molecule has 2 rings (SSSR count). The normalized spacial score (nSPS) is 24.8. The fourth-order valence-corrected chi connectivity index (χ4v) is 3.01. The van der Waals surface area contributed by atoms with E-state index in [4.69, 9.17) is 14.7 Å². The Morgan fingerprint density at radius 1 is 1.82 bits per heavy atom. The van der Waals surface area contributed by atoms with Crippen LogP contribution >= 0.6 is 27.3 Å². The minimum Gasteiger partial charge on any atom is -0.480 e. The predicted octanol–water partition coefficient (Wildman–Crippen LogP) is 1.13. The molecule has 0 saturated carbocycles. The van der Waals surface area contributed by atoms with Crippen LogP contribution < -0.4 is 5.48 Å². The Morgan fingerprint density at radius 3 is 3.18 bits per heavy atom. The number of carboxylic acid groups (broad SMARTS) is 1. The molecule has 0 bridgehead atoms. The summed E-state index contributed by atoms with van der Waals surface area (Å²) in [6.07, 6.45) is 0.577. The van der Waals surface area contributed by atoms with Gasteiger partial charge in [-0.05, 0) is 15.9 Å². The van der Waals surface area contributed by atoms with Crippen molar-refractivity contribution in [3.8, 4) is 0 Å². The third kappa shape index (κ3) is 3.02. The molecule has 6 nitrogen and oxygen atoms in total. The Morgan fingerprint density at radius 2 is 2.65 bits per heavy atom. The van der Waals surface area contributed by atoms with E-state index in [9.17, 15) is 4.79 Å². The van der Waals surface area contributed by atoms with Gasteiger partial charge in [-0.2, -0.15) is 5.48 Å². The molecule has 8 heteroatoms. The van der Waals surface area contributed by atoms with Crippen LogP contribution in [0.25, 0.3) is 0 Å². The molecule has 1 aliphatic rings. The minimum atomic E-state index is -0.994. The van der Waals surface area contributed by atoms with Crippen LogP contribution in [-0.4, -0.2) is 35.8 Å². The molecule has 2 heterocycles. The second-order valence-corrected chi connectivity index (χ2v) is 5.24. The van der Waals surface area contributed by atoms with E-state index in [0.717, 1.165) is 9.61 Å². The molecule has 0 spiro atoms. The van der Waals surface area contributed by atoms with Crippen molar-refractivity contribution in [2.45, 2.75) is 12.0 Å². The number of aromatic nitrogens is 1. The van der Waals surface area contributed by atoms with Crippen LogP contribution in [0.3, 0.4) is 0 Å². The largest absolute Gasteiger partial charge is 0.480 e. The second kappa shape index (κ2) is 5.40. The topological polar surface area (TPSA) is 80.7 Å². The molecule has 0 aromatic carbocycles. The fraction of sp³-hybridized carbons (Fsp3) is 0.556. The van der Waals surface area contributed by atoms with E-state index < -0.39 is 11.6 Å². The van der Waals surface area contributed by atoms with Gasteiger partial charge in [0, 0.05) is 11.8 Å². The van der Waals surface area contributed by atoms with Gasteiger partial charge in [-0.25, -0.2) is 9.78 Å². The van der Waals surface area contributed by atoms with Gasteiger partial charge in [0.2, 0.25) is 0 Å². The van der Waals surface area contributed by atoms with Gasteiger partial charge in [-0.15, -0.1) is 11.3 Å². The van der Waals surface area contributed by atoms with Crippen molar-refractivity contribution in [3.63, 3.8) is 0 Å². The summed E-state index contributed by atoms with van der Waals surface area (Å²) < 4.78 is 6.24. The lowest BCUT2D eigenvalue weighted by Crippen LogP contribution is -2.47. The Balaban J connectivity index is 2.19. The van der Waals surface area contributed by atoms with Gasteiger partial charge in [0.05, 0.1) is 13.2 Å². The smallest absolute Gasteiger partial charge is 0.329 e. The van der Waals surface area contributed by atoms with Crippen molar-refractivity contribution in [3.05, 3.63) is 15.0 Å². The quantitative estimate of drug-likeness (QED) is 0.864. The lowest BCUT2D eigenvalue weighted by molar-refractivity contribution is -0.165. The van der Waals surface area contributed by atoms with E-state index in [1.807, 2.05) is 5.38 Å². The van der Waals surface area contributed by atoms with E-state index in [-0.39, 0.29) is 6.61 Å². The zero-order valence-electron chi connectivity index (χ0n) is 8.81. The van der Waals surface area contributed by atoms with Gasteiger partial charge in [-0.3, -0.25) is 0 Å². The minimum absolute atomic E-state index is 0.348. The molecular formula is C9H11BrN2O4S. The van der Waals surface area contributed by atoms with Gasteiger partial charge >= 0.3 is 5.97 Å². The highest BCUT2D eigenvalue weighted by molar-refractivity contribution is 9.10. The molecule has 1 aromatic rings. The number of thiazole rings is 1. The zero-order chi connectivity index (χ0) is 12.3. The molecule has 1 unspecified atom stereocenters. The number of hydrogen-bond donors (Lipinski definition) is 2. The maximum Gasteiger partial charge on any atom is 0.329 e. The van der Waals surface area contributed by atoms with Gasteiger partial charge in [0.15, 0.2) is 0 Å². The molecular weight excluding hydrogens is 312 g/mol. The monoisotopic (exact) mass is 322 g/mol. The molecule has 1 aliphatic heterocycles. The summed E-state index contributed by atoms with van der Waals surface area (Å²) >= 11 is 4.71. The first-order chi connectivity index (χ1) is 8.12. The van der Waals surface area contributed by atoms with Crippen LogP contribution in [-0.2, 0) is 20.0 Å². The lowest BCUT2D eigenvalue weighted by Gasteiger charge is -2.34. The van der Waals surface area contributed by atoms with Crippen molar-refractivity contribution in [2.24, 2.45) is 0 Å². The molecule has 94 valence electrons. The number of aliphatic carboxylic acids is 1. The summed E-state index contributed by atoms with van der Waals surface area (Å²) in [5, 5.41) is 11.3. The van der Waals surface area contributed by atoms with Gasteiger partial charge in [0.1, 0.15) is 21.8 Å². The Hall–Kier alpha value is -0.540. The molecule has 1 saturated heterocycles. The summed E-state index contributed by atoms with van der Waals surface area (Å²) in [6.45, 7) is 0.496. The molecule has 0 amide bonds. The van der Waals surface area contributed by atoms with Gasteiger partial charge < -0.3 is 14.7 Å². The molecule has 1 aromatic heterocycles.